The molecule has 0 bridgehead atoms. The number of hydrogen-bond acceptors (Lipinski definition) is 3. The van der Waals surface area contributed by atoms with Gasteiger partial charge in [-0.15, -0.1) is 0 Å². The zero-order valence-electron chi connectivity index (χ0n) is 13.3. The highest BCUT2D eigenvalue weighted by atomic mass is 16.3. The lowest BCUT2D eigenvalue weighted by Crippen LogP contribution is -2.50. The Morgan fingerprint density at radius 1 is 1.32 bits per heavy atom. The maximum absolute atomic E-state index is 11.9. The summed E-state index contributed by atoms with van der Waals surface area (Å²) in [6, 6.07) is 10.4. The average molecular weight is 305 g/mol. The fourth-order valence-electron chi connectivity index (χ4n) is 2.77. The summed E-state index contributed by atoms with van der Waals surface area (Å²) < 4.78 is 0. The van der Waals surface area contributed by atoms with Gasteiger partial charge >= 0.3 is 6.03 Å². The molecule has 1 saturated heterocycles. The average Bonchev–Trinajstić information content (AvgIpc) is 2.55. The smallest absolute Gasteiger partial charge is 0.315 e. The van der Waals surface area contributed by atoms with Gasteiger partial charge in [-0.3, -0.25) is 4.90 Å². The first-order valence-corrected chi connectivity index (χ1v) is 8.15. The number of nitrogens with one attached hydrogen (secondary N) is 2. The molecule has 0 unspecified atom stereocenters. The molecule has 3 N–H and O–H groups in total. The number of urea groups is 1. The van der Waals surface area contributed by atoms with Gasteiger partial charge in [0.25, 0.3) is 0 Å². The van der Waals surface area contributed by atoms with E-state index in [1.54, 1.807) is 0 Å². The molecule has 1 aromatic carbocycles. The number of benzene rings is 1. The number of nitrogens with zero attached hydrogens (tertiary/aromatic N) is 1. The van der Waals surface area contributed by atoms with Gasteiger partial charge in [0.05, 0.1) is 12.6 Å². The van der Waals surface area contributed by atoms with Crippen molar-refractivity contribution in [2.75, 3.05) is 19.7 Å². The Bertz CT molecular complexity index is 440. The molecule has 1 aromatic rings. The van der Waals surface area contributed by atoms with Crippen molar-refractivity contribution in [3.8, 4) is 0 Å². The van der Waals surface area contributed by atoms with E-state index in [0.29, 0.717) is 0 Å². The van der Waals surface area contributed by atoms with E-state index in [-0.39, 0.29) is 24.7 Å². The predicted molar refractivity (Wildman–Crippen MR) is 87.6 cm³/mol. The zero-order chi connectivity index (χ0) is 15.8. The lowest BCUT2D eigenvalue weighted by molar-refractivity contribution is 0.181. The summed E-state index contributed by atoms with van der Waals surface area (Å²) >= 11 is 0. The fourth-order valence-corrected chi connectivity index (χ4v) is 2.77. The van der Waals surface area contributed by atoms with Gasteiger partial charge in [-0.25, -0.2) is 4.79 Å². The van der Waals surface area contributed by atoms with E-state index in [4.69, 9.17) is 5.11 Å². The van der Waals surface area contributed by atoms with Gasteiger partial charge in [0.15, 0.2) is 0 Å². The zero-order valence-corrected chi connectivity index (χ0v) is 13.3. The van der Waals surface area contributed by atoms with Crippen LogP contribution in [0.25, 0.3) is 0 Å². The van der Waals surface area contributed by atoms with E-state index in [9.17, 15) is 4.79 Å². The van der Waals surface area contributed by atoms with Crippen molar-refractivity contribution in [1.82, 2.24) is 15.5 Å². The third-order valence-electron chi connectivity index (χ3n) is 4.22. The lowest BCUT2D eigenvalue weighted by Gasteiger charge is -2.32. The van der Waals surface area contributed by atoms with Crippen molar-refractivity contribution >= 4 is 6.03 Å². The Morgan fingerprint density at radius 3 is 2.59 bits per heavy atom. The molecule has 1 atom stereocenters. The number of piperidine rings is 1. The second kappa shape index (κ2) is 8.76. The molecule has 1 aliphatic heterocycles. The van der Waals surface area contributed by atoms with Gasteiger partial charge in [-0.1, -0.05) is 37.3 Å². The monoisotopic (exact) mass is 305 g/mol. The largest absolute Gasteiger partial charge is 0.394 e. The predicted octanol–water partition coefficient (Wildman–Crippen LogP) is 1.72. The molecule has 0 spiro atoms. The molecular weight excluding hydrogens is 278 g/mol. The molecule has 0 aliphatic carbocycles. The number of rotatable bonds is 6. The Labute approximate surface area is 132 Å². The Kier molecular flexibility index (Phi) is 6.68. The summed E-state index contributed by atoms with van der Waals surface area (Å²) in [4.78, 5) is 14.3. The maximum atomic E-state index is 11.9. The minimum Gasteiger partial charge on any atom is -0.394 e. The van der Waals surface area contributed by atoms with Crippen LogP contribution < -0.4 is 10.6 Å². The van der Waals surface area contributed by atoms with Crippen LogP contribution in [0.4, 0.5) is 4.79 Å². The fraction of sp³-hybridized carbons (Fsp3) is 0.588. The van der Waals surface area contributed by atoms with Gasteiger partial charge in [-0.2, -0.15) is 0 Å². The molecule has 5 heteroatoms. The lowest BCUT2D eigenvalue weighted by atomic mass is 10.0. The molecule has 0 aromatic heterocycles. The van der Waals surface area contributed by atoms with Crippen molar-refractivity contribution in [3.05, 3.63) is 35.9 Å². The van der Waals surface area contributed by atoms with Gasteiger partial charge in [-0.05, 0) is 24.8 Å². The third kappa shape index (κ3) is 5.31. The summed E-state index contributed by atoms with van der Waals surface area (Å²) in [6.45, 7) is 4.90. The molecule has 0 saturated carbocycles. The number of aliphatic hydroxyl groups excluding tert-OH is 1. The van der Waals surface area contributed by atoms with E-state index in [1.165, 1.54) is 5.56 Å². The van der Waals surface area contributed by atoms with Crippen molar-refractivity contribution in [2.45, 2.75) is 44.8 Å². The molecular formula is C17H27N3O2. The first-order chi connectivity index (χ1) is 10.7. The van der Waals surface area contributed by atoms with E-state index < -0.39 is 0 Å². The summed E-state index contributed by atoms with van der Waals surface area (Å²) in [5, 5.41) is 14.9. The second-order valence-corrected chi connectivity index (χ2v) is 5.94. The van der Waals surface area contributed by atoms with E-state index in [2.05, 4.69) is 39.8 Å². The highest BCUT2D eigenvalue weighted by molar-refractivity contribution is 5.74. The van der Waals surface area contributed by atoms with Crippen LogP contribution in [0.5, 0.6) is 0 Å². The van der Waals surface area contributed by atoms with Crippen LogP contribution >= 0.6 is 0 Å². The molecule has 22 heavy (non-hydrogen) atoms. The van der Waals surface area contributed by atoms with Crippen LogP contribution in [0.2, 0.25) is 0 Å². The molecule has 122 valence electrons. The van der Waals surface area contributed by atoms with E-state index in [1.807, 2.05) is 13.0 Å². The number of hydrogen-bond donors (Lipinski definition) is 3. The van der Waals surface area contributed by atoms with Gasteiger partial charge in [0, 0.05) is 25.7 Å². The molecule has 5 nitrogen and oxygen atoms in total. The van der Waals surface area contributed by atoms with Crippen LogP contribution in [0.1, 0.15) is 31.7 Å². The highest BCUT2D eigenvalue weighted by Gasteiger charge is 2.21. The van der Waals surface area contributed by atoms with Crippen molar-refractivity contribution < 1.29 is 9.90 Å². The number of aliphatic hydroxyl groups is 1. The van der Waals surface area contributed by atoms with Crippen LogP contribution in [0.15, 0.2) is 30.3 Å². The molecule has 1 fully saturated rings. The van der Waals surface area contributed by atoms with Gasteiger partial charge in [0.1, 0.15) is 0 Å². The summed E-state index contributed by atoms with van der Waals surface area (Å²) in [5.41, 5.74) is 1.33. The minimum atomic E-state index is -0.164. The second-order valence-electron chi connectivity index (χ2n) is 5.94. The molecule has 1 aliphatic rings. The first-order valence-electron chi connectivity index (χ1n) is 8.15. The van der Waals surface area contributed by atoms with Crippen molar-refractivity contribution in [1.29, 1.82) is 0 Å². The Hall–Kier alpha value is -1.59. The maximum Gasteiger partial charge on any atom is 0.315 e. The van der Waals surface area contributed by atoms with Crippen LogP contribution in [0.3, 0.4) is 0 Å². The molecule has 2 rings (SSSR count). The Balaban J connectivity index is 1.69. The minimum absolute atomic E-state index is 0.0144. The number of amides is 2. The summed E-state index contributed by atoms with van der Waals surface area (Å²) in [7, 11) is 0. The number of likely N-dealkylation sites (tertiary alicyclic amines) is 1. The SMILES string of the molecule is CC[C@@H](CO)NC(=O)NC1CCN(Cc2ccccc2)CC1. The standard InChI is InChI=1S/C17H27N3O2/c1-2-15(13-21)18-17(22)19-16-8-10-20(11-9-16)12-14-6-4-3-5-7-14/h3-7,15-16,21H,2,8-13H2,1H3,(H2,18,19,22)/t15-/m0/s1. The first kappa shape index (κ1) is 16.8. The number of carbonyl (C=O) groups excluding carboxylic acids is 1. The molecule has 2 amide bonds. The third-order valence-corrected chi connectivity index (χ3v) is 4.22. The normalized spacial score (nSPS) is 17.9. The molecule has 1 heterocycles. The van der Waals surface area contributed by atoms with Gasteiger partial charge < -0.3 is 15.7 Å². The highest BCUT2D eigenvalue weighted by Crippen LogP contribution is 2.13. The van der Waals surface area contributed by atoms with Crippen LogP contribution in [0, 0.1) is 0 Å². The van der Waals surface area contributed by atoms with Gasteiger partial charge in [0.2, 0.25) is 0 Å². The van der Waals surface area contributed by atoms with Crippen molar-refractivity contribution in [2.24, 2.45) is 0 Å². The van der Waals surface area contributed by atoms with Crippen LogP contribution in [-0.4, -0.2) is 47.8 Å². The van der Waals surface area contributed by atoms with E-state index >= 15 is 0 Å². The van der Waals surface area contributed by atoms with Crippen LogP contribution in [-0.2, 0) is 6.54 Å². The summed E-state index contributed by atoms with van der Waals surface area (Å²) in [5.74, 6) is 0. The topological polar surface area (TPSA) is 64.6 Å². The quantitative estimate of drug-likeness (QED) is 0.750. The molecule has 0 radical (unpaired) electrons. The van der Waals surface area contributed by atoms with E-state index in [0.717, 1.165) is 38.9 Å². The Morgan fingerprint density at radius 2 is 2.00 bits per heavy atom. The van der Waals surface area contributed by atoms with Crippen molar-refractivity contribution in [3.63, 3.8) is 0 Å². The summed E-state index contributed by atoms with van der Waals surface area (Å²) in [6.07, 6.45) is 2.67. The number of carbonyl (C=O) groups is 1.